The van der Waals surface area contributed by atoms with Crippen LogP contribution < -0.4 is 10.2 Å². The van der Waals surface area contributed by atoms with Crippen LogP contribution in [0.15, 0.2) is 24.3 Å². The molecule has 1 aliphatic rings. The van der Waals surface area contributed by atoms with Crippen molar-refractivity contribution < 1.29 is 0 Å². The summed E-state index contributed by atoms with van der Waals surface area (Å²) in [7, 11) is 0. The Bertz CT molecular complexity index is 366. The third-order valence-electron chi connectivity index (χ3n) is 4.24. The Kier molecular flexibility index (Phi) is 6.23. The first-order valence-corrected chi connectivity index (χ1v) is 8.41. The van der Waals surface area contributed by atoms with Gasteiger partial charge in [-0.25, -0.2) is 0 Å². The lowest BCUT2D eigenvalue weighted by molar-refractivity contribution is 0.594. The van der Waals surface area contributed by atoms with Gasteiger partial charge < -0.3 is 10.2 Å². The summed E-state index contributed by atoms with van der Waals surface area (Å²) in [6.07, 6.45) is 9.36. The Hall–Kier alpha value is -1.18. The zero-order valence-electron chi connectivity index (χ0n) is 13.2. The molecule has 1 aliphatic heterocycles. The molecule has 1 unspecified atom stereocenters. The molecular formula is C18H30N2. The molecule has 1 saturated heterocycles. The molecule has 1 atom stereocenters. The van der Waals surface area contributed by atoms with Crippen LogP contribution in [0.25, 0.3) is 0 Å². The molecule has 2 heteroatoms. The summed E-state index contributed by atoms with van der Waals surface area (Å²) < 4.78 is 0. The third-order valence-corrected chi connectivity index (χ3v) is 4.24. The van der Waals surface area contributed by atoms with E-state index in [-0.39, 0.29) is 0 Å². The number of hydrogen-bond donors (Lipinski definition) is 1. The quantitative estimate of drug-likeness (QED) is 0.667. The molecule has 0 radical (unpaired) electrons. The van der Waals surface area contributed by atoms with Crippen LogP contribution in [0.5, 0.6) is 0 Å². The molecule has 1 heterocycles. The summed E-state index contributed by atoms with van der Waals surface area (Å²) in [5, 5.41) is 3.62. The molecule has 112 valence electrons. The van der Waals surface area contributed by atoms with Crippen LogP contribution in [0, 0.1) is 0 Å². The first-order chi connectivity index (χ1) is 9.79. The second-order valence-electron chi connectivity index (χ2n) is 6.14. The Morgan fingerprint density at radius 2 is 1.75 bits per heavy atom. The summed E-state index contributed by atoms with van der Waals surface area (Å²) >= 11 is 0. The Morgan fingerprint density at radius 3 is 2.40 bits per heavy atom. The molecule has 0 aromatic heterocycles. The average Bonchev–Trinajstić information content (AvgIpc) is 2.99. The molecular weight excluding hydrogens is 244 g/mol. The van der Waals surface area contributed by atoms with Crippen molar-refractivity contribution in [2.24, 2.45) is 0 Å². The van der Waals surface area contributed by atoms with Gasteiger partial charge in [0.05, 0.1) is 0 Å². The first kappa shape index (κ1) is 15.2. The van der Waals surface area contributed by atoms with Crippen LogP contribution in [-0.4, -0.2) is 19.1 Å². The van der Waals surface area contributed by atoms with Gasteiger partial charge in [0, 0.05) is 30.5 Å². The van der Waals surface area contributed by atoms with Crippen molar-refractivity contribution in [2.45, 2.75) is 64.8 Å². The summed E-state index contributed by atoms with van der Waals surface area (Å²) in [4.78, 5) is 2.48. The minimum atomic E-state index is 0.574. The van der Waals surface area contributed by atoms with Gasteiger partial charge in [-0.3, -0.25) is 0 Å². The zero-order chi connectivity index (χ0) is 14.2. The van der Waals surface area contributed by atoms with Gasteiger partial charge in [-0.15, -0.1) is 0 Å². The van der Waals surface area contributed by atoms with Gasteiger partial charge in [-0.05, 0) is 50.5 Å². The third kappa shape index (κ3) is 4.73. The van der Waals surface area contributed by atoms with Gasteiger partial charge in [-0.1, -0.05) is 32.6 Å². The van der Waals surface area contributed by atoms with Crippen LogP contribution in [-0.2, 0) is 0 Å². The fourth-order valence-corrected chi connectivity index (χ4v) is 2.98. The van der Waals surface area contributed by atoms with Gasteiger partial charge in [0.25, 0.3) is 0 Å². The average molecular weight is 274 g/mol. The maximum Gasteiger partial charge on any atom is 0.0367 e. The molecule has 1 aromatic rings. The molecule has 0 amide bonds. The highest BCUT2D eigenvalue weighted by molar-refractivity contribution is 5.55. The van der Waals surface area contributed by atoms with Gasteiger partial charge in [0.2, 0.25) is 0 Å². The molecule has 0 aliphatic carbocycles. The summed E-state index contributed by atoms with van der Waals surface area (Å²) in [6.45, 7) is 7.01. The van der Waals surface area contributed by atoms with E-state index in [2.05, 4.69) is 48.3 Å². The fraction of sp³-hybridized carbons (Fsp3) is 0.667. The second kappa shape index (κ2) is 8.18. The highest BCUT2D eigenvalue weighted by atomic mass is 15.1. The number of nitrogens with zero attached hydrogens (tertiary/aromatic N) is 1. The zero-order valence-corrected chi connectivity index (χ0v) is 13.2. The number of hydrogen-bond acceptors (Lipinski definition) is 2. The van der Waals surface area contributed by atoms with Crippen molar-refractivity contribution in [3.63, 3.8) is 0 Å². The first-order valence-electron chi connectivity index (χ1n) is 8.41. The van der Waals surface area contributed by atoms with E-state index in [0.29, 0.717) is 6.04 Å². The smallest absolute Gasteiger partial charge is 0.0367 e. The number of unbranched alkanes of at least 4 members (excludes halogenated alkanes) is 3. The van der Waals surface area contributed by atoms with E-state index in [1.165, 1.54) is 69.4 Å². The molecule has 1 aromatic carbocycles. The number of anilines is 2. The van der Waals surface area contributed by atoms with Gasteiger partial charge in [0.15, 0.2) is 0 Å². The minimum absolute atomic E-state index is 0.574. The molecule has 20 heavy (non-hydrogen) atoms. The van der Waals surface area contributed by atoms with E-state index in [0.717, 1.165) is 0 Å². The fourth-order valence-electron chi connectivity index (χ4n) is 2.98. The molecule has 1 fully saturated rings. The van der Waals surface area contributed by atoms with Gasteiger partial charge in [-0.2, -0.15) is 0 Å². The Labute approximate surface area is 124 Å². The van der Waals surface area contributed by atoms with E-state index in [1.807, 2.05) is 0 Å². The predicted molar refractivity (Wildman–Crippen MR) is 89.7 cm³/mol. The maximum absolute atomic E-state index is 3.62. The summed E-state index contributed by atoms with van der Waals surface area (Å²) in [5.74, 6) is 0. The Balaban J connectivity index is 1.75. The molecule has 0 bridgehead atoms. The summed E-state index contributed by atoms with van der Waals surface area (Å²) in [5.41, 5.74) is 2.64. The van der Waals surface area contributed by atoms with Crippen LogP contribution >= 0.6 is 0 Å². The number of benzene rings is 1. The normalized spacial score (nSPS) is 16.4. The van der Waals surface area contributed by atoms with Crippen molar-refractivity contribution in [1.82, 2.24) is 0 Å². The van der Waals surface area contributed by atoms with Crippen molar-refractivity contribution in [3.8, 4) is 0 Å². The van der Waals surface area contributed by atoms with E-state index >= 15 is 0 Å². The predicted octanol–water partition coefficient (Wildman–Crippen LogP) is 5.06. The van der Waals surface area contributed by atoms with E-state index < -0.39 is 0 Å². The van der Waals surface area contributed by atoms with Crippen molar-refractivity contribution in [3.05, 3.63) is 24.3 Å². The van der Waals surface area contributed by atoms with Crippen LogP contribution in [0.2, 0.25) is 0 Å². The summed E-state index contributed by atoms with van der Waals surface area (Å²) in [6, 6.07) is 9.56. The number of nitrogens with one attached hydrogen (secondary N) is 1. The van der Waals surface area contributed by atoms with Crippen LogP contribution in [0.1, 0.15) is 58.8 Å². The SMILES string of the molecule is CCCCCCC(C)Nc1ccc(N2CCCC2)cc1. The van der Waals surface area contributed by atoms with E-state index in [9.17, 15) is 0 Å². The largest absolute Gasteiger partial charge is 0.383 e. The van der Waals surface area contributed by atoms with Gasteiger partial charge in [0.1, 0.15) is 0 Å². The van der Waals surface area contributed by atoms with Crippen molar-refractivity contribution in [2.75, 3.05) is 23.3 Å². The van der Waals surface area contributed by atoms with Crippen LogP contribution in [0.3, 0.4) is 0 Å². The van der Waals surface area contributed by atoms with Crippen molar-refractivity contribution >= 4 is 11.4 Å². The highest BCUT2D eigenvalue weighted by Gasteiger charge is 2.11. The van der Waals surface area contributed by atoms with Gasteiger partial charge >= 0.3 is 0 Å². The van der Waals surface area contributed by atoms with Crippen molar-refractivity contribution in [1.29, 1.82) is 0 Å². The van der Waals surface area contributed by atoms with E-state index in [1.54, 1.807) is 0 Å². The Morgan fingerprint density at radius 1 is 1.05 bits per heavy atom. The minimum Gasteiger partial charge on any atom is -0.383 e. The lowest BCUT2D eigenvalue weighted by Gasteiger charge is -2.19. The van der Waals surface area contributed by atoms with Crippen LogP contribution in [0.4, 0.5) is 11.4 Å². The lowest BCUT2D eigenvalue weighted by atomic mass is 10.1. The second-order valence-corrected chi connectivity index (χ2v) is 6.14. The number of rotatable bonds is 8. The molecule has 2 rings (SSSR count). The highest BCUT2D eigenvalue weighted by Crippen LogP contribution is 2.22. The van der Waals surface area contributed by atoms with E-state index in [4.69, 9.17) is 0 Å². The standard InChI is InChI=1S/C18H30N2/c1-3-4-5-6-9-16(2)19-17-10-12-18(13-11-17)20-14-7-8-15-20/h10-13,16,19H,3-9,14-15H2,1-2H3. The molecule has 0 spiro atoms. The lowest BCUT2D eigenvalue weighted by Crippen LogP contribution is -2.18. The monoisotopic (exact) mass is 274 g/mol. The molecule has 1 N–H and O–H groups in total. The molecule has 0 saturated carbocycles. The molecule has 2 nitrogen and oxygen atoms in total. The maximum atomic E-state index is 3.62. The topological polar surface area (TPSA) is 15.3 Å².